The Labute approximate surface area is 59.3 Å². The molecule has 0 bridgehead atoms. The van der Waals surface area contributed by atoms with Crippen molar-refractivity contribution in [2.75, 3.05) is 20.3 Å². The highest BCUT2D eigenvalue weighted by molar-refractivity contribution is 7.60. The molecule has 1 N–H and O–H groups in total. The van der Waals surface area contributed by atoms with Gasteiger partial charge in [-0.1, -0.05) is 27.2 Å². The average Bonchev–Trinajstić information content (AvgIpc) is 1.87. The molecule has 0 saturated carbocycles. The second-order valence-electron chi connectivity index (χ2n) is 2.25. The first kappa shape index (κ1) is 9.13. The van der Waals surface area contributed by atoms with Gasteiger partial charge in [0.05, 0.1) is 0 Å². The van der Waals surface area contributed by atoms with E-state index in [-0.39, 0.29) is 7.92 Å². The van der Waals surface area contributed by atoms with Crippen LogP contribution in [-0.4, -0.2) is 25.9 Å². The van der Waals surface area contributed by atoms with Crippen LogP contribution < -0.4 is 5.32 Å². The molecule has 0 amide bonds. The second kappa shape index (κ2) is 4.96. The molecule has 0 aliphatic rings. The van der Waals surface area contributed by atoms with Gasteiger partial charge < -0.3 is 5.32 Å². The monoisotopic (exact) mass is 145 g/mol. The van der Waals surface area contributed by atoms with Crippen LogP contribution >= 0.6 is 7.92 Å². The van der Waals surface area contributed by atoms with E-state index in [0.717, 1.165) is 12.2 Å². The summed E-state index contributed by atoms with van der Waals surface area (Å²) in [6, 6.07) is 0. The Bertz CT molecular complexity index is 83.0. The van der Waals surface area contributed by atoms with E-state index in [1.807, 2.05) is 7.05 Å². The van der Waals surface area contributed by atoms with Gasteiger partial charge in [0.1, 0.15) is 0 Å². The van der Waals surface area contributed by atoms with Gasteiger partial charge >= 0.3 is 0 Å². The van der Waals surface area contributed by atoms with Crippen molar-refractivity contribution in [3.63, 3.8) is 0 Å². The minimum atomic E-state index is 0.0559. The first-order valence-electron chi connectivity index (χ1n) is 3.21. The molecule has 0 fully saturated rings. The van der Waals surface area contributed by atoms with Gasteiger partial charge in [-0.15, -0.1) is 0 Å². The zero-order valence-electron chi connectivity index (χ0n) is 6.52. The number of rotatable bonds is 4. The van der Waals surface area contributed by atoms with Gasteiger partial charge in [-0.05, 0) is 19.4 Å². The van der Waals surface area contributed by atoms with Crippen LogP contribution in [0.4, 0.5) is 0 Å². The molecule has 0 spiro atoms. The zero-order chi connectivity index (χ0) is 7.28. The lowest BCUT2D eigenvalue weighted by molar-refractivity contribution is 0.780. The van der Waals surface area contributed by atoms with Crippen LogP contribution in [0, 0.1) is 0 Å². The highest BCUT2D eigenvalue weighted by Gasteiger charge is 2.04. The summed E-state index contributed by atoms with van der Waals surface area (Å²) in [5.41, 5.74) is 0.766. The van der Waals surface area contributed by atoms with Crippen LogP contribution in [0.5, 0.6) is 0 Å². The summed E-state index contributed by atoms with van der Waals surface area (Å²) in [6.45, 7) is 9.38. The van der Waals surface area contributed by atoms with Crippen LogP contribution in [0.1, 0.15) is 6.92 Å². The Morgan fingerprint density at radius 2 is 2.33 bits per heavy atom. The first-order chi connectivity index (χ1) is 4.22. The van der Waals surface area contributed by atoms with Gasteiger partial charge in [0, 0.05) is 6.54 Å². The lowest BCUT2D eigenvalue weighted by Gasteiger charge is -2.15. The van der Waals surface area contributed by atoms with E-state index in [1.54, 1.807) is 0 Å². The maximum atomic E-state index is 3.76. The summed E-state index contributed by atoms with van der Waals surface area (Å²) in [5.74, 6) is 2.07. The standard InChI is InChI=1S/C7H16NP/c1-5-9(4)7(2)6-8-3/h5,7-8H,1,6H2,2-4H3. The summed E-state index contributed by atoms with van der Waals surface area (Å²) in [6.07, 6.45) is 0. The minimum absolute atomic E-state index is 0.0559. The van der Waals surface area contributed by atoms with Crippen molar-refractivity contribution >= 4 is 7.92 Å². The van der Waals surface area contributed by atoms with E-state index >= 15 is 0 Å². The summed E-state index contributed by atoms with van der Waals surface area (Å²) < 4.78 is 0. The minimum Gasteiger partial charge on any atom is -0.319 e. The third kappa shape index (κ3) is 3.66. The third-order valence-corrected chi connectivity index (χ3v) is 3.63. The van der Waals surface area contributed by atoms with Crippen LogP contribution in [0.25, 0.3) is 0 Å². The van der Waals surface area contributed by atoms with Crippen molar-refractivity contribution in [1.82, 2.24) is 5.32 Å². The first-order valence-corrected chi connectivity index (χ1v) is 5.14. The van der Waals surface area contributed by atoms with Crippen molar-refractivity contribution < 1.29 is 0 Å². The number of hydrogen-bond donors (Lipinski definition) is 1. The molecule has 0 heterocycles. The normalized spacial score (nSPS) is 16.8. The van der Waals surface area contributed by atoms with Gasteiger partial charge in [0.2, 0.25) is 0 Å². The number of hydrogen-bond acceptors (Lipinski definition) is 1. The quantitative estimate of drug-likeness (QED) is 0.595. The molecule has 2 atom stereocenters. The van der Waals surface area contributed by atoms with Crippen molar-refractivity contribution in [3.05, 3.63) is 12.4 Å². The fourth-order valence-corrected chi connectivity index (χ4v) is 1.45. The van der Waals surface area contributed by atoms with Crippen LogP contribution in [0.15, 0.2) is 12.4 Å². The summed E-state index contributed by atoms with van der Waals surface area (Å²) in [5, 5.41) is 3.15. The molecular weight excluding hydrogens is 129 g/mol. The Morgan fingerprint density at radius 3 is 2.67 bits per heavy atom. The molecule has 0 aromatic heterocycles. The Hall–Kier alpha value is 0.130. The summed E-state index contributed by atoms with van der Waals surface area (Å²) >= 11 is 0. The summed E-state index contributed by atoms with van der Waals surface area (Å²) in [7, 11) is 2.04. The molecule has 1 nitrogen and oxygen atoms in total. The van der Waals surface area contributed by atoms with Crippen LogP contribution in [0.2, 0.25) is 0 Å². The smallest absolute Gasteiger partial charge is 0.00160 e. The van der Waals surface area contributed by atoms with Gasteiger partial charge in [-0.3, -0.25) is 0 Å². The summed E-state index contributed by atoms with van der Waals surface area (Å²) in [4.78, 5) is 0. The van der Waals surface area contributed by atoms with Crippen molar-refractivity contribution in [2.24, 2.45) is 0 Å². The largest absolute Gasteiger partial charge is 0.319 e. The lowest BCUT2D eigenvalue weighted by atomic mass is 10.5. The molecule has 9 heavy (non-hydrogen) atoms. The van der Waals surface area contributed by atoms with Crippen molar-refractivity contribution in [3.8, 4) is 0 Å². The molecule has 2 heteroatoms. The molecule has 0 radical (unpaired) electrons. The van der Waals surface area contributed by atoms with Crippen LogP contribution in [0.3, 0.4) is 0 Å². The average molecular weight is 145 g/mol. The van der Waals surface area contributed by atoms with E-state index < -0.39 is 0 Å². The van der Waals surface area contributed by atoms with Crippen molar-refractivity contribution in [1.29, 1.82) is 0 Å². The Balaban J connectivity index is 3.44. The molecule has 0 aliphatic heterocycles. The molecule has 2 unspecified atom stereocenters. The predicted molar refractivity (Wildman–Crippen MR) is 46.4 cm³/mol. The maximum Gasteiger partial charge on any atom is 0.00160 e. The van der Waals surface area contributed by atoms with Gasteiger partial charge in [0.25, 0.3) is 0 Å². The molecule has 0 aromatic rings. The molecular formula is C7H16NP. The van der Waals surface area contributed by atoms with E-state index in [2.05, 4.69) is 31.3 Å². The molecule has 0 saturated heterocycles. The molecule has 0 aliphatic carbocycles. The molecule has 0 aromatic carbocycles. The fourth-order valence-electron chi connectivity index (χ4n) is 0.619. The molecule has 0 rings (SSSR count). The third-order valence-electron chi connectivity index (χ3n) is 1.48. The highest BCUT2D eigenvalue weighted by atomic mass is 31.1. The van der Waals surface area contributed by atoms with E-state index in [9.17, 15) is 0 Å². The second-order valence-corrected chi connectivity index (χ2v) is 4.83. The van der Waals surface area contributed by atoms with Gasteiger partial charge in [-0.2, -0.15) is 0 Å². The van der Waals surface area contributed by atoms with Gasteiger partial charge in [0.15, 0.2) is 0 Å². The lowest BCUT2D eigenvalue weighted by Crippen LogP contribution is -2.18. The molecule has 54 valence electrons. The number of nitrogens with one attached hydrogen (secondary N) is 1. The fraction of sp³-hybridized carbons (Fsp3) is 0.714. The predicted octanol–water partition coefficient (Wildman–Crippen LogP) is 1.85. The topological polar surface area (TPSA) is 12.0 Å². The SMILES string of the molecule is C=CP(C)C(C)CNC. The Kier molecular flexibility index (Phi) is 5.03. The van der Waals surface area contributed by atoms with Crippen molar-refractivity contribution in [2.45, 2.75) is 12.6 Å². The highest BCUT2D eigenvalue weighted by Crippen LogP contribution is 2.36. The van der Waals surface area contributed by atoms with E-state index in [4.69, 9.17) is 0 Å². The van der Waals surface area contributed by atoms with E-state index in [1.165, 1.54) is 0 Å². The maximum absolute atomic E-state index is 3.76. The van der Waals surface area contributed by atoms with Gasteiger partial charge in [-0.25, -0.2) is 0 Å². The van der Waals surface area contributed by atoms with E-state index in [0.29, 0.717) is 0 Å². The van der Waals surface area contributed by atoms with Crippen LogP contribution in [-0.2, 0) is 0 Å². The Morgan fingerprint density at radius 1 is 1.78 bits per heavy atom. The zero-order valence-corrected chi connectivity index (χ0v) is 7.41.